The molecule has 2 aliphatic carbocycles. The third kappa shape index (κ3) is 2.82. The van der Waals surface area contributed by atoms with E-state index in [4.69, 9.17) is 4.74 Å². The van der Waals surface area contributed by atoms with Crippen molar-refractivity contribution >= 4 is 55.2 Å². The van der Waals surface area contributed by atoms with Gasteiger partial charge >= 0.3 is 22.9 Å². The first-order valence-electron chi connectivity index (χ1n) is 23.1. The molecule has 4 aromatic heterocycles. The zero-order valence-electron chi connectivity index (χ0n) is 35.1. The Kier molecular flexibility index (Phi) is 4.81. The molecule has 66 heavy (non-hydrogen) atoms. The van der Waals surface area contributed by atoms with Crippen molar-refractivity contribution in [2.45, 2.75) is 10.8 Å². The van der Waals surface area contributed by atoms with Gasteiger partial charge in [-0.25, -0.2) is 0 Å². The molecule has 0 bridgehead atoms. The third-order valence-electron chi connectivity index (χ3n) is 17.1. The molecule has 6 nitrogen and oxygen atoms in total. The number of rotatable bonds is 0. The van der Waals surface area contributed by atoms with Gasteiger partial charge in [-0.3, -0.25) is 0 Å². The van der Waals surface area contributed by atoms with Gasteiger partial charge in [0.1, 0.15) is 11.0 Å². The Morgan fingerprint density at radius 1 is 0.394 bits per heavy atom. The van der Waals surface area contributed by atoms with Gasteiger partial charge in [-0.1, -0.05) is 133 Å². The van der Waals surface area contributed by atoms with Crippen LogP contribution in [0.3, 0.4) is 0 Å². The molecule has 7 aliphatic rings. The maximum absolute atomic E-state index is 7.40. The fourth-order valence-corrected chi connectivity index (χ4v) is 15.2. The van der Waals surface area contributed by atoms with Crippen molar-refractivity contribution in [3.05, 3.63) is 239 Å². The van der Waals surface area contributed by atoms with E-state index in [2.05, 4.69) is 213 Å². The SMILES string of the molecule is c1ccc2c(c1)-c1ccccc1C21c2ccc3c4c2-n2c5c1cccc5c1ccc[n+](c12)[N+]41c2cccc4c2-n2c5c(cccc5c5ccc([n+]1c52)O3)C41c2ccccc2-c2ccccc21. The summed E-state index contributed by atoms with van der Waals surface area (Å²) in [5.41, 5.74) is 24.2. The third-order valence-corrected chi connectivity index (χ3v) is 17.1. The molecule has 0 saturated carbocycles. The molecule has 6 heteroatoms. The average Bonchev–Trinajstić information content (AvgIpc) is 4.09. The lowest BCUT2D eigenvalue weighted by Gasteiger charge is -2.44. The Balaban J connectivity index is 1.09. The summed E-state index contributed by atoms with van der Waals surface area (Å²) in [5, 5.41) is 4.94. The first-order valence-corrected chi connectivity index (χ1v) is 23.1. The number of aromatic nitrogens is 4. The van der Waals surface area contributed by atoms with Crippen molar-refractivity contribution in [3.63, 3.8) is 0 Å². The van der Waals surface area contributed by atoms with E-state index in [0.717, 1.165) is 23.0 Å². The fraction of sp³-hybridized carbons (Fsp3) is 0.0333. The number of hydrogen-bond donors (Lipinski definition) is 0. The van der Waals surface area contributed by atoms with Crippen LogP contribution in [0.2, 0.25) is 0 Å². The molecule has 5 aliphatic heterocycles. The van der Waals surface area contributed by atoms with E-state index < -0.39 is 10.8 Å². The summed E-state index contributed by atoms with van der Waals surface area (Å²) < 4.78 is 18.0. The minimum Gasteiger partial charge on any atom is -0.412 e. The molecule has 1 unspecified atom stereocenters. The zero-order chi connectivity index (χ0) is 42.2. The van der Waals surface area contributed by atoms with Crippen LogP contribution in [-0.4, -0.2) is 9.13 Å². The summed E-state index contributed by atoms with van der Waals surface area (Å²) in [5.74, 6) is 1.67. The maximum Gasteiger partial charge on any atom is 0.355 e. The van der Waals surface area contributed by atoms with Crippen molar-refractivity contribution in [1.29, 1.82) is 0 Å². The lowest BCUT2D eigenvalue weighted by atomic mass is 9.65. The Morgan fingerprint density at radius 2 is 0.894 bits per heavy atom. The average molecular weight is 839 g/mol. The largest absolute Gasteiger partial charge is 0.412 e. The maximum atomic E-state index is 7.40. The number of nitrogens with zero attached hydrogens (tertiary/aromatic N) is 5. The van der Waals surface area contributed by atoms with Gasteiger partial charge in [0, 0.05) is 49.8 Å². The second-order valence-corrected chi connectivity index (χ2v) is 19.3. The van der Waals surface area contributed by atoms with Crippen LogP contribution in [0.5, 0.6) is 11.6 Å². The monoisotopic (exact) mass is 838 g/mol. The van der Waals surface area contributed by atoms with Crippen molar-refractivity contribution in [1.82, 2.24) is 13.8 Å². The van der Waals surface area contributed by atoms with E-state index in [1.807, 2.05) is 0 Å². The molecule has 0 radical (unpaired) electrons. The Morgan fingerprint density at radius 3 is 1.52 bits per heavy atom. The van der Waals surface area contributed by atoms with Gasteiger partial charge in [-0.05, 0) is 91.6 Å². The van der Waals surface area contributed by atoms with Crippen LogP contribution in [0.25, 0.3) is 77.5 Å². The van der Waals surface area contributed by atoms with E-state index in [0.29, 0.717) is 0 Å². The number of para-hydroxylation sites is 3. The zero-order valence-corrected chi connectivity index (χ0v) is 35.1. The van der Waals surface area contributed by atoms with E-state index in [-0.39, 0.29) is 4.70 Å². The van der Waals surface area contributed by atoms with Crippen molar-refractivity contribution < 1.29 is 14.1 Å². The van der Waals surface area contributed by atoms with E-state index in [9.17, 15) is 0 Å². The summed E-state index contributed by atoms with van der Waals surface area (Å²) in [6.07, 6.45) is 2.33. The van der Waals surface area contributed by atoms with Crippen LogP contribution in [0.15, 0.2) is 194 Å². The molecule has 9 heterocycles. The van der Waals surface area contributed by atoms with Gasteiger partial charge in [-0.2, -0.15) is 9.13 Å². The minimum absolute atomic E-state index is 0.266. The number of quaternary nitrogens is 1. The minimum atomic E-state index is -0.582. The molecular formula is C60H32N5O+3. The molecule has 12 aromatic rings. The number of ether oxygens (including phenoxy) is 1. The number of benzene rings is 8. The van der Waals surface area contributed by atoms with Gasteiger partial charge < -0.3 is 4.74 Å². The highest BCUT2D eigenvalue weighted by atomic mass is 16.5. The van der Waals surface area contributed by atoms with Crippen molar-refractivity contribution in [2.24, 2.45) is 0 Å². The molecule has 0 N–H and O–H groups in total. The lowest BCUT2D eigenvalue weighted by molar-refractivity contribution is -1.02. The quantitative estimate of drug-likeness (QED) is 0.110. The van der Waals surface area contributed by atoms with Gasteiger partial charge in [0.25, 0.3) is 5.69 Å². The Labute approximate surface area is 376 Å². The van der Waals surface area contributed by atoms with E-state index >= 15 is 0 Å². The summed E-state index contributed by atoms with van der Waals surface area (Å²) in [6, 6.07) is 71.7. The molecule has 19 rings (SSSR count). The summed E-state index contributed by atoms with van der Waals surface area (Å²) in [4.78, 5) is 0. The first-order chi connectivity index (χ1) is 32.8. The van der Waals surface area contributed by atoms with Crippen LogP contribution >= 0.6 is 0 Å². The normalized spacial score (nSPS) is 18.1. The van der Waals surface area contributed by atoms with Crippen LogP contribution in [-0.2, 0) is 10.8 Å². The summed E-state index contributed by atoms with van der Waals surface area (Å²) in [7, 11) is 0. The Bertz CT molecular complexity index is 4380. The molecule has 3 spiro atoms. The van der Waals surface area contributed by atoms with Gasteiger partial charge in [-0.15, -0.1) is 0 Å². The smallest absolute Gasteiger partial charge is 0.355 e. The molecule has 300 valence electrons. The predicted molar refractivity (Wildman–Crippen MR) is 256 cm³/mol. The molecular weight excluding hydrogens is 807 g/mol. The highest BCUT2D eigenvalue weighted by Gasteiger charge is 2.70. The van der Waals surface area contributed by atoms with Crippen molar-refractivity contribution in [2.75, 3.05) is 0 Å². The lowest BCUT2D eigenvalue weighted by Crippen LogP contribution is -2.87. The highest BCUT2D eigenvalue weighted by Crippen LogP contribution is 2.68. The molecule has 1 atom stereocenters. The number of pyridine rings is 2. The van der Waals surface area contributed by atoms with Crippen LogP contribution < -0.4 is 18.8 Å². The van der Waals surface area contributed by atoms with Crippen LogP contribution in [0.1, 0.15) is 44.5 Å². The van der Waals surface area contributed by atoms with Crippen molar-refractivity contribution in [3.8, 4) is 45.3 Å². The van der Waals surface area contributed by atoms with Gasteiger partial charge in [0.05, 0.1) is 26.3 Å². The molecule has 0 fully saturated rings. The molecule has 0 amide bonds. The summed E-state index contributed by atoms with van der Waals surface area (Å²) >= 11 is 0. The highest BCUT2D eigenvalue weighted by molar-refractivity contribution is 6.15. The predicted octanol–water partition coefficient (Wildman–Crippen LogP) is 12.1. The van der Waals surface area contributed by atoms with Crippen LogP contribution in [0, 0.1) is 0 Å². The second-order valence-electron chi connectivity index (χ2n) is 19.3. The molecule has 0 saturated heterocycles. The standard InChI is InChI=1S/C60H32N5O/c1-5-20-41-33(13-1)34-14-2-6-21-42(34)59(41)45-24-10-18-38-40-28-31-51-64-58(40)62(52(38)45)54-47(59)26-11-27-49(54)65(64)56-50(66-51)30-29-48-55(56)63-53-37(39-19-12-32-61(65)57(39)63)17-9-25-46(53)60(48)43-22-7-3-15-35(43)36-16-4-8-23-44(36)60/h1-32H/q+3. The van der Waals surface area contributed by atoms with E-state index in [1.54, 1.807) is 0 Å². The number of hydrogen-bond acceptors (Lipinski definition) is 1. The van der Waals surface area contributed by atoms with Gasteiger partial charge in [0.15, 0.2) is 6.20 Å². The van der Waals surface area contributed by atoms with Crippen LogP contribution in [0.4, 0.5) is 11.4 Å². The second kappa shape index (κ2) is 9.88. The molecule has 8 aromatic carbocycles. The Hall–Kier alpha value is -8.58. The first kappa shape index (κ1) is 32.1. The topological polar surface area (TPSA) is 26.8 Å². The fourth-order valence-electron chi connectivity index (χ4n) is 15.2. The van der Waals surface area contributed by atoms with Gasteiger partial charge in [0.2, 0.25) is 17.1 Å². The summed E-state index contributed by atoms with van der Waals surface area (Å²) in [6.45, 7) is 0. The number of fused-ring (bicyclic) bond motifs is 16. The van der Waals surface area contributed by atoms with E-state index in [1.165, 1.54) is 122 Å².